The van der Waals surface area contributed by atoms with Gasteiger partial charge in [-0.05, 0) is 17.7 Å². The molecule has 2 N–H and O–H groups in total. The first kappa shape index (κ1) is 10.9. The number of benzene rings is 1. The number of hydrogen-bond donors (Lipinski definition) is 1. The van der Waals surface area contributed by atoms with E-state index in [0.29, 0.717) is 5.56 Å². The molecule has 0 unspecified atom stereocenters. The van der Waals surface area contributed by atoms with Gasteiger partial charge in [0.2, 0.25) is 0 Å². The minimum absolute atomic E-state index is 0.00850. The van der Waals surface area contributed by atoms with E-state index >= 15 is 0 Å². The molecule has 1 atom stereocenters. The topological polar surface area (TPSA) is 52.3 Å². The molecule has 1 aromatic carbocycles. The van der Waals surface area contributed by atoms with Gasteiger partial charge in [-0.3, -0.25) is 4.79 Å². The normalized spacial score (nSPS) is 12.3. The van der Waals surface area contributed by atoms with Gasteiger partial charge in [0.25, 0.3) is 0 Å². The van der Waals surface area contributed by atoms with E-state index in [1.165, 1.54) is 19.2 Å². The molecule has 0 radical (unpaired) electrons. The molecule has 14 heavy (non-hydrogen) atoms. The van der Waals surface area contributed by atoms with E-state index in [2.05, 4.69) is 4.74 Å². The number of nitrogens with two attached hydrogens (primary N) is 1. The van der Waals surface area contributed by atoms with E-state index in [1.807, 2.05) is 0 Å². The largest absolute Gasteiger partial charge is 0.468 e. The Balaban J connectivity index is 2.96. The second-order valence-electron chi connectivity index (χ2n) is 2.67. The number of halogens is 2. The van der Waals surface area contributed by atoms with Gasteiger partial charge in [-0.2, -0.15) is 0 Å². The smallest absolute Gasteiger partial charge is 0.327 e. The maximum Gasteiger partial charge on any atom is 0.327 e. The molecule has 0 aliphatic rings. The predicted octanol–water partition coefficient (Wildman–Crippen LogP) is 1.65. The molecular formula is C9H9ClFNO2. The quantitative estimate of drug-likeness (QED) is 0.767. The van der Waals surface area contributed by atoms with Gasteiger partial charge in [0.1, 0.15) is 11.9 Å². The van der Waals surface area contributed by atoms with E-state index < -0.39 is 17.8 Å². The number of ether oxygens (including phenoxy) is 1. The summed E-state index contributed by atoms with van der Waals surface area (Å²) in [5.74, 6) is -1.23. The van der Waals surface area contributed by atoms with Crippen LogP contribution in [0.1, 0.15) is 11.6 Å². The van der Waals surface area contributed by atoms with Gasteiger partial charge in [-0.25, -0.2) is 4.39 Å². The lowest BCUT2D eigenvalue weighted by molar-refractivity contribution is -0.142. The molecule has 0 saturated heterocycles. The van der Waals surface area contributed by atoms with E-state index in [0.717, 1.165) is 6.07 Å². The molecule has 5 heteroatoms. The van der Waals surface area contributed by atoms with Gasteiger partial charge in [0, 0.05) is 0 Å². The zero-order valence-corrected chi connectivity index (χ0v) is 8.22. The highest BCUT2D eigenvalue weighted by Gasteiger charge is 2.17. The third kappa shape index (κ3) is 2.21. The van der Waals surface area contributed by atoms with E-state index in [4.69, 9.17) is 17.3 Å². The lowest BCUT2D eigenvalue weighted by atomic mass is 10.1. The van der Waals surface area contributed by atoms with Crippen LogP contribution in [0.2, 0.25) is 5.02 Å². The fraction of sp³-hybridized carbons (Fsp3) is 0.222. The molecule has 1 aromatic rings. The van der Waals surface area contributed by atoms with E-state index in [-0.39, 0.29) is 5.02 Å². The van der Waals surface area contributed by atoms with Crippen molar-refractivity contribution >= 4 is 17.6 Å². The summed E-state index contributed by atoms with van der Waals surface area (Å²) in [6.07, 6.45) is 0. The Kier molecular flexibility index (Phi) is 3.43. The van der Waals surface area contributed by atoms with Crippen molar-refractivity contribution in [1.82, 2.24) is 0 Å². The Bertz CT molecular complexity index is 357. The van der Waals surface area contributed by atoms with Gasteiger partial charge in [-0.15, -0.1) is 0 Å². The average Bonchev–Trinajstić information content (AvgIpc) is 2.20. The lowest BCUT2D eigenvalue weighted by Crippen LogP contribution is -2.22. The summed E-state index contributed by atoms with van der Waals surface area (Å²) in [4.78, 5) is 11.0. The SMILES string of the molecule is COC(=O)[C@H](N)c1ccc(Cl)c(F)c1. The van der Waals surface area contributed by atoms with Crippen LogP contribution in [0.5, 0.6) is 0 Å². The van der Waals surface area contributed by atoms with Crippen molar-refractivity contribution in [2.75, 3.05) is 7.11 Å². The van der Waals surface area contributed by atoms with Crippen LogP contribution in [0.25, 0.3) is 0 Å². The minimum Gasteiger partial charge on any atom is -0.468 e. The minimum atomic E-state index is -0.980. The van der Waals surface area contributed by atoms with Crippen molar-refractivity contribution in [3.8, 4) is 0 Å². The number of hydrogen-bond acceptors (Lipinski definition) is 3. The summed E-state index contributed by atoms with van der Waals surface area (Å²) >= 11 is 5.47. The Labute approximate surface area is 85.6 Å². The zero-order chi connectivity index (χ0) is 10.7. The van der Waals surface area contributed by atoms with Gasteiger partial charge in [0.15, 0.2) is 0 Å². The van der Waals surface area contributed by atoms with Crippen LogP contribution < -0.4 is 5.73 Å². The number of carbonyl (C=O) groups is 1. The summed E-state index contributed by atoms with van der Waals surface area (Å²) in [5, 5.41) is -0.00850. The molecule has 0 aromatic heterocycles. The van der Waals surface area contributed by atoms with Crippen LogP contribution in [0.15, 0.2) is 18.2 Å². The number of esters is 1. The van der Waals surface area contributed by atoms with Crippen LogP contribution in [-0.2, 0) is 9.53 Å². The number of carbonyl (C=O) groups excluding carboxylic acids is 1. The van der Waals surface area contributed by atoms with E-state index in [1.54, 1.807) is 0 Å². The van der Waals surface area contributed by atoms with Gasteiger partial charge >= 0.3 is 5.97 Å². The standard InChI is InChI=1S/C9H9ClFNO2/c1-14-9(13)8(12)5-2-3-6(10)7(11)4-5/h2-4,8H,12H2,1H3/t8-/m1/s1. The summed E-state index contributed by atoms with van der Waals surface area (Å²) < 4.78 is 17.4. The summed E-state index contributed by atoms with van der Waals surface area (Å²) in [7, 11) is 1.22. The second kappa shape index (κ2) is 4.39. The van der Waals surface area contributed by atoms with Crippen LogP contribution in [0, 0.1) is 5.82 Å². The second-order valence-corrected chi connectivity index (χ2v) is 3.08. The highest BCUT2D eigenvalue weighted by molar-refractivity contribution is 6.30. The molecule has 0 saturated carbocycles. The lowest BCUT2D eigenvalue weighted by Gasteiger charge is -2.09. The van der Waals surface area contributed by atoms with Crippen molar-refractivity contribution in [3.05, 3.63) is 34.6 Å². The molecule has 3 nitrogen and oxygen atoms in total. The first-order valence-corrected chi connectivity index (χ1v) is 4.22. The van der Waals surface area contributed by atoms with Gasteiger partial charge in [-0.1, -0.05) is 17.7 Å². The number of methoxy groups -OCH3 is 1. The third-order valence-corrected chi connectivity index (χ3v) is 2.06. The highest BCUT2D eigenvalue weighted by Crippen LogP contribution is 2.19. The highest BCUT2D eigenvalue weighted by atomic mass is 35.5. The summed E-state index contributed by atoms with van der Waals surface area (Å²) in [5.41, 5.74) is 5.82. The molecular weight excluding hydrogens is 209 g/mol. The van der Waals surface area contributed by atoms with E-state index in [9.17, 15) is 9.18 Å². The molecule has 0 fully saturated rings. The maximum absolute atomic E-state index is 13.0. The molecule has 76 valence electrons. The Hall–Kier alpha value is -1.13. The Morgan fingerprint density at radius 1 is 1.64 bits per heavy atom. The van der Waals surface area contributed by atoms with Gasteiger partial charge in [0.05, 0.1) is 12.1 Å². The zero-order valence-electron chi connectivity index (χ0n) is 7.46. The Morgan fingerprint density at radius 3 is 2.79 bits per heavy atom. The predicted molar refractivity (Wildman–Crippen MR) is 50.4 cm³/mol. The molecule has 0 heterocycles. The maximum atomic E-state index is 13.0. The molecule has 1 rings (SSSR count). The fourth-order valence-electron chi connectivity index (χ4n) is 0.969. The first-order valence-electron chi connectivity index (χ1n) is 3.84. The molecule has 0 aliphatic heterocycles. The summed E-state index contributed by atoms with van der Waals surface area (Å²) in [6, 6.07) is 2.96. The first-order chi connectivity index (χ1) is 6.56. The number of rotatable bonds is 2. The average molecular weight is 218 g/mol. The van der Waals surface area contributed by atoms with Crippen molar-refractivity contribution in [2.45, 2.75) is 6.04 Å². The monoisotopic (exact) mass is 217 g/mol. The molecule has 0 spiro atoms. The van der Waals surface area contributed by atoms with Gasteiger partial charge < -0.3 is 10.5 Å². The summed E-state index contributed by atoms with van der Waals surface area (Å²) in [6.45, 7) is 0. The molecule has 0 bridgehead atoms. The molecule has 0 aliphatic carbocycles. The van der Waals surface area contributed by atoms with Crippen molar-refractivity contribution in [3.63, 3.8) is 0 Å². The van der Waals surface area contributed by atoms with Crippen LogP contribution >= 0.6 is 11.6 Å². The third-order valence-electron chi connectivity index (χ3n) is 1.76. The van der Waals surface area contributed by atoms with Crippen LogP contribution in [-0.4, -0.2) is 13.1 Å². The van der Waals surface area contributed by atoms with Crippen LogP contribution in [0.4, 0.5) is 4.39 Å². The molecule has 0 amide bonds. The van der Waals surface area contributed by atoms with Crippen molar-refractivity contribution in [1.29, 1.82) is 0 Å². The Morgan fingerprint density at radius 2 is 2.29 bits per heavy atom. The fourth-order valence-corrected chi connectivity index (χ4v) is 1.09. The van der Waals surface area contributed by atoms with Crippen molar-refractivity contribution in [2.24, 2.45) is 5.73 Å². The van der Waals surface area contributed by atoms with Crippen molar-refractivity contribution < 1.29 is 13.9 Å². The van der Waals surface area contributed by atoms with Crippen LogP contribution in [0.3, 0.4) is 0 Å².